The van der Waals surface area contributed by atoms with Gasteiger partial charge in [-0.15, -0.1) is 0 Å². The first-order valence-electron chi connectivity index (χ1n) is 11.3. The highest BCUT2D eigenvalue weighted by Crippen LogP contribution is 2.08. The van der Waals surface area contributed by atoms with Gasteiger partial charge < -0.3 is 0 Å². The number of hydrogen-bond acceptors (Lipinski definition) is 0. The van der Waals surface area contributed by atoms with Gasteiger partial charge in [0.25, 0.3) is 0 Å². The third-order valence-corrected chi connectivity index (χ3v) is 4.16. The van der Waals surface area contributed by atoms with Crippen molar-refractivity contribution in [2.75, 3.05) is 0 Å². The van der Waals surface area contributed by atoms with Crippen LogP contribution in [0.4, 0.5) is 0 Å². The third-order valence-electron chi connectivity index (χ3n) is 4.16. The first kappa shape index (κ1) is 28.8. The predicted molar refractivity (Wildman–Crippen MR) is 117 cm³/mol. The molecule has 0 fully saturated rings. The molecule has 0 aromatic carbocycles. The molecule has 0 aromatic heterocycles. The van der Waals surface area contributed by atoms with E-state index in [1.165, 1.54) is 77.0 Å². The van der Waals surface area contributed by atoms with Crippen LogP contribution in [0.2, 0.25) is 0 Å². The molecule has 0 aliphatic rings. The van der Waals surface area contributed by atoms with Crippen molar-refractivity contribution < 1.29 is 0 Å². The molecule has 0 heterocycles. The van der Waals surface area contributed by atoms with Crippen LogP contribution < -0.4 is 0 Å². The Morgan fingerprint density at radius 1 is 0.375 bits per heavy atom. The summed E-state index contributed by atoms with van der Waals surface area (Å²) in [6.45, 7) is 20.5. The van der Waals surface area contributed by atoms with Crippen LogP contribution in [0.1, 0.15) is 139 Å². The Morgan fingerprint density at radius 2 is 0.583 bits per heavy atom. The average Bonchev–Trinajstić information content (AvgIpc) is 2.48. The van der Waals surface area contributed by atoms with Crippen molar-refractivity contribution in [3.63, 3.8) is 0 Å². The summed E-state index contributed by atoms with van der Waals surface area (Å²) in [5.74, 6) is 2.71. The van der Waals surface area contributed by atoms with Crippen molar-refractivity contribution >= 4 is 0 Å². The van der Waals surface area contributed by atoms with E-state index in [1.807, 2.05) is 0 Å². The van der Waals surface area contributed by atoms with Crippen molar-refractivity contribution in [2.24, 2.45) is 17.8 Å². The molecule has 0 heteroatoms. The zero-order valence-electron chi connectivity index (χ0n) is 19.2. The van der Waals surface area contributed by atoms with E-state index in [0.717, 1.165) is 17.8 Å². The summed E-state index contributed by atoms with van der Waals surface area (Å²) in [6, 6.07) is 0. The van der Waals surface area contributed by atoms with Crippen LogP contribution in [0.5, 0.6) is 0 Å². The van der Waals surface area contributed by atoms with Crippen LogP contribution in [0, 0.1) is 17.8 Å². The highest BCUT2D eigenvalue weighted by Gasteiger charge is 1.92. The van der Waals surface area contributed by atoms with Gasteiger partial charge in [0.2, 0.25) is 0 Å². The number of hydrogen-bond donors (Lipinski definition) is 0. The molecular weight excluding hydrogens is 288 g/mol. The highest BCUT2D eigenvalue weighted by molar-refractivity contribution is 4.45. The lowest BCUT2D eigenvalue weighted by atomic mass is 10.1. The van der Waals surface area contributed by atoms with Crippen LogP contribution in [0.15, 0.2) is 0 Å². The minimum Gasteiger partial charge on any atom is -0.0654 e. The average molecular weight is 343 g/mol. The number of unbranched alkanes of at least 4 members (excludes halogenated alkanes) is 6. The van der Waals surface area contributed by atoms with Gasteiger partial charge in [0, 0.05) is 0 Å². The van der Waals surface area contributed by atoms with E-state index in [0.29, 0.717) is 0 Å². The van der Waals surface area contributed by atoms with Crippen LogP contribution >= 0.6 is 0 Å². The van der Waals surface area contributed by atoms with Crippen molar-refractivity contribution in [1.82, 2.24) is 0 Å². The summed E-state index contributed by atoms with van der Waals surface area (Å²) < 4.78 is 0. The summed E-state index contributed by atoms with van der Waals surface area (Å²) >= 11 is 0. The zero-order valence-corrected chi connectivity index (χ0v) is 19.2. The Hall–Kier alpha value is 0. The predicted octanol–water partition coefficient (Wildman–Crippen LogP) is 9.67. The third kappa shape index (κ3) is 43.1. The zero-order chi connectivity index (χ0) is 19.2. The molecule has 0 aliphatic heterocycles. The molecule has 0 N–H and O–H groups in total. The maximum absolute atomic E-state index is 2.29. The van der Waals surface area contributed by atoms with E-state index in [-0.39, 0.29) is 0 Å². The van der Waals surface area contributed by atoms with Crippen LogP contribution in [0.25, 0.3) is 0 Å². The fourth-order valence-corrected chi connectivity index (χ4v) is 2.41. The van der Waals surface area contributed by atoms with Gasteiger partial charge >= 0.3 is 0 Å². The number of rotatable bonds is 12. The summed E-state index contributed by atoms with van der Waals surface area (Å²) in [5.41, 5.74) is 0. The highest BCUT2D eigenvalue weighted by atomic mass is 14.0. The molecule has 0 saturated heterocycles. The quantitative estimate of drug-likeness (QED) is 0.309. The van der Waals surface area contributed by atoms with E-state index in [2.05, 4.69) is 62.3 Å². The Kier molecular flexibility index (Phi) is 30.3. The van der Waals surface area contributed by atoms with Gasteiger partial charge in [-0.25, -0.2) is 0 Å². The lowest BCUT2D eigenvalue weighted by molar-refractivity contribution is 0.534. The van der Waals surface area contributed by atoms with E-state index in [9.17, 15) is 0 Å². The van der Waals surface area contributed by atoms with Gasteiger partial charge in [-0.3, -0.25) is 0 Å². The summed E-state index contributed by atoms with van der Waals surface area (Å²) in [5, 5.41) is 0. The molecule has 0 unspecified atom stereocenters. The Bertz CT molecular complexity index is 145. The standard InChI is InChI=1S/3C8H18/c3*1-4-5-6-7-8(2)3/h3*8H,4-7H2,1-3H3. The molecule has 0 aromatic rings. The molecule has 0 rings (SSSR count). The molecule has 0 radical (unpaired) electrons. The second kappa shape index (κ2) is 25.2. The maximum atomic E-state index is 2.29. The van der Waals surface area contributed by atoms with E-state index in [4.69, 9.17) is 0 Å². The van der Waals surface area contributed by atoms with Crippen LogP contribution in [-0.4, -0.2) is 0 Å². The molecule has 0 amide bonds. The van der Waals surface area contributed by atoms with Crippen molar-refractivity contribution in [3.05, 3.63) is 0 Å². The molecule has 0 bridgehead atoms. The topological polar surface area (TPSA) is 0 Å². The maximum Gasteiger partial charge on any atom is -0.0471 e. The molecule has 0 aliphatic carbocycles. The van der Waals surface area contributed by atoms with Crippen molar-refractivity contribution in [2.45, 2.75) is 139 Å². The monoisotopic (exact) mass is 342 g/mol. The first-order chi connectivity index (χ1) is 11.3. The second-order valence-electron chi connectivity index (χ2n) is 8.67. The first-order valence-corrected chi connectivity index (χ1v) is 11.3. The molecular formula is C24H54. The fourth-order valence-electron chi connectivity index (χ4n) is 2.41. The van der Waals surface area contributed by atoms with Gasteiger partial charge in [-0.1, -0.05) is 139 Å². The minimum atomic E-state index is 0.904. The SMILES string of the molecule is CCCCCC(C)C.CCCCCC(C)C.CCCCCC(C)C. The summed E-state index contributed by atoms with van der Waals surface area (Å²) in [4.78, 5) is 0. The van der Waals surface area contributed by atoms with Crippen molar-refractivity contribution in [1.29, 1.82) is 0 Å². The molecule has 0 nitrogen and oxygen atoms in total. The van der Waals surface area contributed by atoms with Crippen molar-refractivity contribution in [3.8, 4) is 0 Å². The van der Waals surface area contributed by atoms with Gasteiger partial charge in [0.05, 0.1) is 0 Å². The minimum absolute atomic E-state index is 0.904. The summed E-state index contributed by atoms with van der Waals surface area (Å²) in [7, 11) is 0. The van der Waals surface area contributed by atoms with Gasteiger partial charge in [-0.2, -0.15) is 0 Å². The van der Waals surface area contributed by atoms with Gasteiger partial charge in [0.1, 0.15) is 0 Å². The smallest absolute Gasteiger partial charge is 0.0471 e. The van der Waals surface area contributed by atoms with E-state index in [1.54, 1.807) is 0 Å². The van der Waals surface area contributed by atoms with Gasteiger partial charge in [-0.05, 0) is 17.8 Å². The van der Waals surface area contributed by atoms with E-state index < -0.39 is 0 Å². The second-order valence-corrected chi connectivity index (χ2v) is 8.67. The van der Waals surface area contributed by atoms with Crippen LogP contribution in [-0.2, 0) is 0 Å². The Morgan fingerprint density at radius 3 is 0.708 bits per heavy atom. The van der Waals surface area contributed by atoms with Gasteiger partial charge in [0.15, 0.2) is 0 Å². The Balaban J connectivity index is -0.000000276. The fraction of sp³-hybridized carbons (Fsp3) is 1.00. The molecule has 0 saturated carbocycles. The Labute approximate surface area is 157 Å². The van der Waals surface area contributed by atoms with Crippen LogP contribution in [0.3, 0.4) is 0 Å². The largest absolute Gasteiger partial charge is 0.0654 e. The molecule has 150 valence electrons. The molecule has 0 atom stereocenters. The lowest BCUT2D eigenvalue weighted by Gasteiger charge is -2.00. The lowest BCUT2D eigenvalue weighted by Crippen LogP contribution is -1.85. The normalized spacial score (nSPS) is 10.5. The summed E-state index contributed by atoms with van der Waals surface area (Å²) in [6.07, 6.45) is 16.8. The van der Waals surface area contributed by atoms with E-state index >= 15 is 0 Å². The molecule has 24 heavy (non-hydrogen) atoms. The molecule has 0 spiro atoms.